The Morgan fingerprint density at radius 1 is 1.56 bits per heavy atom. The minimum atomic E-state index is -0.472. The van der Waals surface area contributed by atoms with Gasteiger partial charge >= 0.3 is 0 Å². The maximum atomic E-state index is 13.7. The van der Waals surface area contributed by atoms with E-state index in [2.05, 4.69) is 4.98 Å². The summed E-state index contributed by atoms with van der Waals surface area (Å²) in [7, 11) is 0. The molecule has 132 valence electrons. The summed E-state index contributed by atoms with van der Waals surface area (Å²) in [6, 6.07) is 4.78. The van der Waals surface area contributed by atoms with Gasteiger partial charge in [0, 0.05) is 19.2 Å². The number of hydrogen-bond donors (Lipinski definition) is 0. The van der Waals surface area contributed by atoms with E-state index in [1.807, 2.05) is 23.3 Å². The van der Waals surface area contributed by atoms with Gasteiger partial charge in [-0.2, -0.15) is 0 Å². The van der Waals surface area contributed by atoms with Crippen molar-refractivity contribution >= 4 is 17.2 Å². The second-order valence-electron chi connectivity index (χ2n) is 6.69. The Morgan fingerprint density at radius 2 is 2.44 bits per heavy atom. The molecule has 0 aromatic carbocycles. The van der Waals surface area contributed by atoms with Crippen molar-refractivity contribution in [1.29, 1.82) is 0 Å². The molecule has 0 unspecified atom stereocenters. The van der Waals surface area contributed by atoms with Crippen LogP contribution in [0.5, 0.6) is 5.88 Å². The fraction of sp³-hybridized carbons (Fsp3) is 0.444. The third-order valence-corrected chi connectivity index (χ3v) is 5.76. The Labute approximate surface area is 149 Å². The van der Waals surface area contributed by atoms with E-state index in [1.165, 1.54) is 29.7 Å². The van der Waals surface area contributed by atoms with Crippen LogP contribution in [0.15, 0.2) is 29.8 Å². The summed E-state index contributed by atoms with van der Waals surface area (Å²) < 4.78 is 25.3. The molecule has 1 spiro atoms. The number of nitrogens with zero attached hydrogens (tertiary/aromatic N) is 2. The first-order chi connectivity index (χ1) is 12.0. The first-order valence-corrected chi connectivity index (χ1v) is 9.18. The lowest BCUT2D eigenvalue weighted by Crippen LogP contribution is -2.36. The SMILES string of the molecule is Cc1csc(C(=O)N2CC[C@]3(C[C@@H](Oc4ncccc4F)CO3)C2)c1. The highest BCUT2D eigenvalue weighted by Crippen LogP contribution is 2.37. The zero-order valence-electron chi connectivity index (χ0n) is 13.9. The summed E-state index contributed by atoms with van der Waals surface area (Å²) in [5, 5.41) is 1.98. The van der Waals surface area contributed by atoms with Gasteiger partial charge in [-0.25, -0.2) is 9.37 Å². The van der Waals surface area contributed by atoms with Crippen LogP contribution in [0.4, 0.5) is 4.39 Å². The highest BCUT2D eigenvalue weighted by Gasteiger charge is 2.48. The lowest BCUT2D eigenvalue weighted by molar-refractivity contribution is 0.00981. The Morgan fingerprint density at radius 3 is 3.20 bits per heavy atom. The van der Waals surface area contributed by atoms with E-state index in [0.29, 0.717) is 26.1 Å². The molecular weight excluding hydrogens is 343 g/mol. The van der Waals surface area contributed by atoms with Crippen LogP contribution in [0.25, 0.3) is 0 Å². The van der Waals surface area contributed by atoms with Crippen molar-refractivity contribution < 1.29 is 18.7 Å². The number of halogens is 1. The molecule has 2 aliphatic heterocycles. The van der Waals surface area contributed by atoms with E-state index in [0.717, 1.165) is 16.9 Å². The van der Waals surface area contributed by atoms with Gasteiger partial charge in [-0.15, -0.1) is 11.3 Å². The quantitative estimate of drug-likeness (QED) is 0.842. The molecule has 4 heterocycles. The first kappa shape index (κ1) is 16.5. The normalized spacial score (nSPS) is 25.7. The number of pyridine rings is 1. The Hall–Kier alpha value is -1.99. The molecule has 2 aromatic heterocycles. The number of carbonyl (C=O) groups is 1. The summed E-state index contributed by atoms with van der Waals surface area (Å²) in [5.41, 5.74) is 0.711. The number of thiophene rings is 1. The molecule has 0 aliphatic carbocycles. The monoisotopic (exact) mass is 362 g/mol. The second-order valence-corrected chi connectivity index (χ2v) is 7.60. The van der Waals surface area contributed by atoms with Crippen molar-refractivity contribution in [1.82, 2.24) is 9.88 Å². The van der Waals surface area contributed by atoms with Crippen molar-refractivity contribution in [2.24, 2.45) is 0 Å². The molecular formula is C18H19FN2O3S. The molecule has 0 saturated carbocycles. The van der Waals surface area contributed by atoms with Crippen molar-refractivity contribution in [2.75, 3.05) is 19.7 Å². The molecule has 0 N–H and O–H groups in total. The molecule has 2 fully saturated rings. The largest absolute Gasteiger partial charge is 0.470 e. The van der Waals surface area contributed by atoms with E-state index in [9.17, 15) is 9.18 Å². The van der Waals surface area contributed by atoms with Gasteiger partial charge < -0.3 is 14.4 Å². The lowest BCUT2D eigenvalue weighted by Gasteiger charge is -2.23. The van der Waals surface area contributed by atoms with Crippen molar-refractivity contribution in [2.45, 2.75) is 31.5 Å². The van der Waals surface area contributed by atoms with Gasteiger partial charge in [0.15, 0.2) is 5.82 Å². The number of carbonyl (C=O) groups excluding carboxylic acids is 1. The summed E-state index contributed by atoms with van der Waals surface area (Å²) in [6.45, 7) is 3.58. The number of hydrogen-bond acceptors (Lipinski definition) is 5. The zero-order chi connectivity index (χ0) is 17.4. The van der Waals surface area contributed by atoms with Crippen molar-refractivity contribution in [3.05, 3.63) is 46.0 Å². The zero-order valence-corrected chi connectivity index (χ0v) is 14.7. The standard InChI is InChI=1S/C18H19FN2O3S/c1-12-7-15(25-10-12)17(22)21-6-4-18(11-21)8-13(9-23-18)24-16-14(19)3-2-5-20-16/h2-3,5,7,10,13H,4,6,8-9,11H2,1H3/t13-,18+/m1/s1. The fourth-order valence-electron chi connectivity index (χ4n) is 3.50. The molecule has 0 radical (unpaired) electrons. The molecule has 5 nitrogen and oxygen atoms in total. The summed E-state index contributed by atoms with van der Waals surface area (Å²) in [5.74, 6) is -0.411. The molecule has 2 atom stereocenters. The molecule has 0 bridgehead atoms. The van der Waals surface area contributed by atoms with Crippen LogP contribution >= 0.6 is 11.3 Å². The van der Waals surface area contributed by atoms with Crippen LogP contribution in [-0.2, 0) is 4.74 Å². The van der Waals surface area contributed by atoms with Gasteiger partial charge in [-0.1, -0.05) is 0 Å². The highest BCUT2D eigenvalue weighted by atomic mass is 32.1. The number of aromatic nitrogens is 1. The van der Waals surface area contributed by atoms with Gasteiger partial charge in [0.2, 0.25) is 0 Å². The summed E-state index contributed by atoms with van der Waals surface area (Å²) >= 11 is 1.47. The van der Waals surface area contributed by atoms with E-state index in [-0.39, 0.29) is 17.9 Å². The lowest BCUT2D eigenvalue weighted by atomic mass is 9.98. The van der Waals surface area contributed by atoms with Gasteiger partial charge in [0.25, 0.3) is 11.8 Å². The molecule has 25 heavy (non-hydrogen) atoms. The Bertz CT molecular complexity index is 796. The topological polar surface area (TPSA) is 51.7 Å². The maximum Gasteiger partial charge on any atom is 0.264 e. The van der Waals surface area contributed by atoms with Crippen LogP contribution in [0.1, 0.15) is 28.1 Å². The van der Waals surface area contributed by atoms with Gasteiger partial charge in [0.1, 0.15) is 6.10 Å². The number of rotatable bonds is 3. The van der Waals surface area contributed by atoms with Crippen LogP contribution < -0.4 is 4.74 Å². The Balaban J connectivity index is 1.40. The van der Waals surface area contributed by atoms with Crippen LogP contribution in [0, 0.1) is 12.7 Å². The van der Waals surface area contributed by atoms with Gasteiger partial charge in [-0.3, -0.25) is 4.79 Å². The smallest absolute Gasteiger partial charge is 0.264 e. The second kappa shape index (κ2) is 6.38. The molecule has 2 aromatic rings. The average molecular weight is 362 g/mol. The van der Waals surface area contributed by atoms with Gasteiger partial charge in [0.05, 0.1) is 23.6 Å². The highest BCUT2D eigenvalue weighted by molar-refractivity contribution is 7.12. The van der Waals surface area contributed by atoms with Crippen molar-refractivity contribution in [3.8, 4) is 5.88 Å². The number of ether oxygens (including phenoxy) is 2. The van der Waals surface area contributed by atoms with Crippen LogP contribution in [0.3, 0.4) is 0 Å². The number of likely N-dealkylation sites (tertiary alicyclic amines) is 1. The third-order valence-electron chi connectivity index (χ3n) is 4.72. The van der Waals surface area contributed by atoms with E-state index in [1.54, 1.807) is 0 Å². The molecule has 2 saturated heterocycles. The molecule has 1 amide bonds. The minimum Gasteiger partial charge on any atom is -0.470 e. The van der Waals surface area contributed by atoms with E-state index in [4.69, 9.17) is 9.47 Å². The third kappa shape index (κ3) is 3.26. The number of aryl methyl sites for hydroxylation is 1. The molecule has 2 aliphatic rings. The summed E-state index contributed by atoms with van der Waals surface area (Å²) in [4.78, 5) is 19.1. The van der Waals surface area contributed by atoms with E-state index >= 15 is 0 Å². The van der Waals surface area contributed by atoms with Crippen molar-refractivity contribution in [3.63, 3.8) is 0 Å². The van der Waals surface area contributed by atoms with Crippen LogP contribution in [-0.4, -0.2) is 47.2 Å². The predicted molar refractivity (Wildman–Crippen MR) is 91.5 cm³/mol. The molecule has 7 heteroatoms. The Kier molecular flexibility index (Phi) is 4.21. The molecule has 4 rings (SSSR count). The fourth-order valence-corrected chi connectivity index (χ4v) is 4.36. The first-order valence-electron chi connectivity index (χ1n) is 8.30. The number of amides is 1. The average Bonchev–Trinajstić information content (AvgIpc) is 3.31. The van der Waals surface area contributed by atoms with Gasteiger partial charge in [-0.05, 0) is 42.5 Å². The van der Waals surface area contributed by atoms with E-state index < -0.39 is 11.4 Å². The minimum absolute atomic E-state index is 0.00754. The summed E-state index contributed by atoms with van der Waals surface area (Å²) in [6.07, 6.45) is 2.66. The van der Waals surface area contributed by atoms with Crippen LogP contribution in [0.2, 0.25) is 0 Å². The predicted octanol–water partition coefficient (Wildman–Crippen LogP) is 3.04. The maximum absolute atomic E-state index is 13.7.